The van der Waals surface area contributed by atoms with Gasteiger partial charge in [-0.05, 0) is 29.8 Å². The Bertz CT molecular complexity index is 764. The minimum atomic E-state index is -0.0187. The number of amides is 2. The summed E-state index contributed by atoms with van der Waals surface area (Å²) in [5.41, 5.74) is 2.92. The second kappa shape index (κ2) is 8.71. The summed E-state index contributed by atoms with van der Waals surface area (Å²) in [5, 5.41) is 2.94. The van der Waals surface area contributed by atoms with Crippen LogP contribution in [0.5, 0.6) is 0 Å². The number of hydrogen-bond donors (Lipinski definition) is 1. The topological polar surface area (TPSA) is 52.7 Å². The van der Waals surface area contributed by atoms with E-state index in [0.29, 0.717) is 6.42 Å². The summed E-state index contributed by atoms with van der Waals surface area (Å²) in [7, 11) is 0. The Morgan fingerprint density at radius 3 is 2.15 bits per heavy atom. The fourth-order valence-electron chi connectivity index (χ4n) is 3.29. The molecule has 1 fully saturated rings. The number of piperazine rings is 1. The van der Waals surface area contributed by atoms with E-state index in [2.05, 4.69) is 10.2 Å². The molecule has 1 aliphatic heterocycles. The highest BCUT2D eigenvalue weighted by Gasteiger charge is 2.22. The maximum absolute atomic E-state index is 12.2. The highest BCUT2D eigenvalue weighted by atomic mass is 16.2. The molecule has 0 saturated carbocycles. The highest BCUT2D eigenvalue weighted by Crippen LogP contribution is 2.20. The lowest BCUT2D eigenvalue weighted by molar-refractivity contribution is -0.134. The van der Waals surface area contributed by atoms with Crippen LogP contribution in [0.2, 0.25) is 0 Å². The highest BCUT2D eigenvalue weighted by molar-refractivity contribution is 5.92. The first-order chi connectivity index (χ1) is 13.0. The number of rotatable bonds is 5. The van der Waals surface area contributed by atoms with Gasteiger partial charge in [0.1, 0.15) is 0 Å². The van der Waals surface area contributed by atoms with E-state index in [1.54, 1.807) is 0 Å². The zero-order valence-corrected chi connectivity index (χ0v) is 16.0. The van der Waals surface area contributed by atoms with Crippen molar-refractivity contribution in [2.45, 2.75) is 20.3 Å². The van der Waals surface area contributed by atoms with Crippen LogP contribution in [0.25, 0.3) is 0 Å². The molecule has 0 bridgehead atoms. The fourth-order valence-corrected chi connectivity index (χ4v) is 3.29. The summed E-state index contributed by atoms with van der Waals surface area (Å²) < 4.78 is 0. The molecular formula is C22H27N3O2. The quantitative estimate of drug-likeness (QED) is 0.885. The molecule has 1 N–H and O–H groups in total. The lowest BCUT2D eigenvalue weighted by Crippen LogP contribution is -2.49. The molecule has 1 aliphatic rings. The van der Waals surface area contributed by atoms with Gasteiger partial charge in [-0.15, -0.1) is 0 Å². The molecule has 5 heteroatoms. The second-order valence-corrected chi connectivity index (χ2v) is 7.22. The number of nitrogens with zero attached hydrogens (tertiary/aromatic N) is 2. The molecule has 142 valence electrons. The largest absolute Gasteiger partial charge is 0.368 e. The third-order valence-corrected chi connectivity index (χ3v) is 4.81. The molecule has 5 nitrogen and oxygen atoms in total. The maximum Gasteiger partial charge on any atom is 0.228 e. The zero-order valence-electron chi connectivity index (χ0n) is 16.0. The van der Waals surface area contributed by atoms with Crippen molar-refractivity contribution in [2.24, 2.45) is 5.92 Å². The maximum atomic E-state index is 12.2. The predicted octanol–water partition coefficient (Wildman–Crippen LogP) is 3.17. The third kappa shape index (κ3) is 5.09. The van der Waals surface area contributed by atoms with Gasteiger partial charge in [-0.1, -0.05) is 44.2 Å². The minimum Gasteiger partial charge on any atom is -0.368 e. The van der Waals surface area contributed by atoms with Crippen LogP contribution in [0, 0.1) is 5.92 Å². The van der Waals surface area contributed by atoms with E-state index in [-0.39, 0.29) is 17.7 Å². The molecule has 1 saturated heterocycles. The summed E-state index contributed by atoms with van der Waals surface area (Å²) >= 11 is 0. The summed E-state index contributed by atoms with van der Waals surface area (Å²) in [6, 6.07) is 17.6. The van der Waals surface area contributed by atoms with Crippen molar-refractivity contribution in [3.63, 3.8) is 0 Å². The number of carbonyl (C=O) groups is 2. The smallest absolute Gasteiger partial charge is 0.228 e. The van der Waals surface area contributed by atoms with Crippen molar-refractivity contribution in [1.29, 1.82) is 0 Å². The number of hydrogen-bond acceptors (Lipinski definition) is 3. The van der Waals surface area contributed by atoms with Crippen molar-refractivity contribution >= 4 is 23.2 Å². The van der Waals surface area contributed by atoms with E-state index in [1.807, 2.05) is 73.3 Å². The Kier molecular flexibility index (Phi) is 6.12. The van der Waals surface area contributed by atoms with Crippen molar-refractivity contribution in [2.75, 3.05) is 36.4 Å². The van der Waals surface area contributed by atoms with E-state index in [9.17, 15) is 9.59 Å². The van der Waals surface area contributed by atoms with Crippen molar-refractivity contribution in [3.8, 4) is 0 Å². The van der Waals surface area contributed by atoms with E-state index >= 15 is 0 Å². The molecular weight excluding hydrogens is 338 g/mol. The van der Waals surface area contributed by atoms with Crippen molar-refractivity contribution in [3.05, 3.63) is 60.2 Å². The molecule has 1 heterocycles. The third-order valence-electron chi connectivity index (χ3n) is 4.81. The normalized spacial score (nSPS) is 14.3. The lowest BCUT2D eigenvalue weighted by Gasteiger charge is -2.37. The van der Waals surface area contributed by atoms with Gasteiger partial charge in [-0.2, -0.15) is 0 Å². The van der Waals surface area contributed by atoms with E-state index in [0.717, 1.165) is 43.1 Å². The van der Waals surface area contributed by atoms with Crippen LogP contribution >= 0.6 is 0 Å². The summed E-state index contributed by atoms with van der Waals surface area (Å²) in [5.74, 6) is 0.260. The fraction of sp³-hybridized carbons (Fsp3) is 0.364. The standard InChI is InChI=1S/C22H27N3O2/c1-17(2)22(27)25-14-12-24(13-15-25)20-10-8-19(9-11-20)23-21(26)16-18-6-4-3-5-7-18/h3-11,17H,12-16H2,1-2H3,(H,23,26). The van der Waals surface area contributed by atoms with Crippen molar-refractivity contribution in [1.82, 2.24) is 4.90 Å². The average molecular weight is 365 g/mol. The van der Waals surface area contributed by atoms with E-state index < -0.39 is 0 Å². The Balaban J connectivity index is 1.52. The van der Waals surface area contributed by atoms with Crippen molar-refractivity contribution < 1.29 is 9.59 Å². The van der Waals surface area contributed by atoms with Crippen LogP contribution in [-0.2, 0) is 16.0 Å². The van der Waals surface area contributed by atoms with E-state index in [4.69, 9.17) is 0 Å². The predicted molar refractivity (Wildman–Crippen MR) is 109 cm³/mol. The molecule has 2 aromatic rings. The molecule has 2 amide bonds. The van der Waals surface area contributed by atoms with Gasteiger partial charge in [0.2, 0.25) is 11.8 Å². The first kappa shape index (κ1) is 19.0. The molecule has 0 unspecified atom stereocenters. The Morgan fingerprint density at radius 2 is 1.56 bits per heavy atom. The Labute approximate surface area is 161 Å². The average Bonchev–Trinajstić information content (AvgIpc) is 2.69. The first-order valence-corrected chi connectivity index (χ1v) is 9.50. The van der Waals surface area contributed by atoms with Gasteiger partial charge in [-0.3, -0.25) is 9.59 Å². The summed E-state index contributed by atoms with van der Waals surface area (Å²) in [4.78, 5) is 28.5. The van der Waals surface area contributed by atoms with Crippen LogP contribution < -0.4 is 10.2 Å². The molecule has 0 aliphatic carbocycles. The van der Waals surface area contributed by atoms with Gasteiger partial charge in [0.05, 0.1) is 6.42 Å². The van der Waals surface area contributed by atoms with Crippen LogP contribution in [0.1, 0.15) is 19.4 Å². The Morgan fingerprint density at radius 1 is 0.926 bits per heavy atom. The SMILES string of the molecule is CC(C)C(=O)N1CCN(c2ccc(NC(=O)Cc3ccccc3)cc2)CC1. The monoisotopic (exact) mass is 365 g/mol. The van der Waals surface area contributed by atoms with Gasteiger partial charge >= 0.3 is 0 Å². The number of nitrogens with one attached hydrogen (secondary N) is 1. The Hall–Kier alpha value is -2.82. The molecule has 0 aromatic heterocycles. The van der Waals surface area contributed by atoms with Gasteiger partial charge in [-0.25, -0.2) is 0 Å². The zero-order chi connectivity index (χ0) is 19.2. The minimum absolute atomic E-state index is 0.0187. The van der Waals surface area contributed by atoms with Crippen LogP contribution in [0.4, 0.5) is 11.4 Å². The number of carbonyl (C=O) groups excluding carboxylic acids is 2. The summed E-state index contributed by atoms with van der Waals surface area (Å²) in [6.45, 7) is 7.06. The first-order valence-electron chi connectivity index (χ1n) is 9.50. The number of anilines is 2. The van der Waals surface area contributed by atoms with Crippen LogP contribution in [-0.4, -0.2) is 42.9 Å². The molecule has 2 aromatic carbocycles. The lowest BCUT2D eigenvalue weighted by atomic mass is 10.1. The molecule has 0 atom stereocenters. The molecule has 0 spiro atoms. The van der Waals surface area contributed by atoms with Gasteiger partial charge in [0, 0.05) is 43.5 Å². The van der Waals surface area contributed by atoms with E-state index in [1.165, 1.54) is 0 Å². The van der Waals surface area contributed by atoms with Gasteiger partial charge in [0.15, 0.2) is 0 Å². The van der Waals surface area contributed by atoms with Gasteiger partial charge < -0.3 is 15.1 Å². The second-order valence-electron chi connectivity index (χ2n) is 7.22. The molecule has 0 radical (unpaired) electrons. The van der Waals surface area contributed by atoms with Crippen LogP contribution in [0.15, 0.2) is 54.6 Å². The summed E-state index contributed by atoms with van der Waals surface area (Å²) in [6.07, 6.45) is 0.369. The molecule has 3 rings (SSSR count). The molecule has 27 heavy (non-hydrogen) atoms. The van der Waals surface area contributed by atoms with Gasteiger partial charge in [0.25, 0.3) is 0 Å². The van der Waals surface area contributed by atoms with Crippen LogP contribution in [0.3, 0.4) is 0 Å². The number of benzene rings is 2.